The van der Waals surface area contributed by atoms with Crippen LogP contribution >= 0.6 is 0 Å². The SMILES string of the molecule is COC(C)CNC1CCCC1CNC(=O)OC(C)(C)C. The van der Waals surface area contributed by atoms with Crippen LogP contribution < -0.4 is 10.6 Å². The zero-order valence-corrected chi connectivity index (χ0v) is 13.5. The number of alkyl carbamates (subject to hydrolysis) is 1. The van der Waals surface area contributed by atoms with Gasteiger partial charge in [-0.15, -0.1) is 0 Å². The van der Waals surface area contributed by atoms with E-state index in [2.05, 4.69) is 17.6 Å². The van der Waals surface area contributed by atoms with Crippen molar-refractivity contribution < 1.29 is 14.3 Å². The molecule has 0 aromatic carbocycles. The van der Waals surface area contributed by atoms with Gasteiger partial charge < -0.3 is 20.1 Å². The predicted octanol–water partition coefficient (Wildman–Crippen LogP) is 2.30. The molecule has 5 heteroatoms. The molecule has 2 N–H and O–H groups in total. The number of rotatable bonds is 6. The summed E-state index contributed by atoms with van der Waals surface area (Å²) in [5.74, 6) is 0.478. The van der Waals surface area contributed by atoms with Crippen LogP contribution in [0.4, 0.5) is 4.79 Å². The van der Waals surface area contributed by atoms with Crippen LogP contribution in [0.25, 0.3) is 0 Å². The summed E-state index contributed by atoms with van der Waals surface area (Å²) in [5.41, 5.74) is -0.439. The molecule has 0 aromatic heterocycles. The van der Waals surface area contributed by atoms with E-state index in [9.17, 15) is 4.79 Å². The van der Waals surface area contributed by atoms with E-state index >= 15 is 0 Å². The van der Waals surface area contributed by atoms with Gasteiger partial charge in [0.1, 0.15) is 5.60 Å². The number of hydrogen-bond donors (Lipinski definition) is 2. The van der Waals surface area contributed by atoms with E-state index in [-0.39, 0.29) is 12.2 Å². The second-order valence-corrected chi connectivity index (χ2v) is 6.63. The highest BCUT2D eigenvalue weighted by Crippen LogP contribution is 2.25. The van der Waals surface area contributed by atoms with Gasteiger partial charge in [-0.2, -0.15) is 0 Å². The van der Waals surface area contributed by atoms with E-state index in [1.54, 1.807) is 7.11 Å². The van der Waals surface area contributed by atoms with Crippen molar-refractivity contribution in [2.75, 3.05) is 20.2 Å². The lowest BCUT2D eigenvalue weighted by Gasteiger charge is -2.24. The Morgan fingerprint density at radius 3 is 2.65 bits per heavy atom. The van der Waals surface area contributed by atoms with E-state index in [0.717, 1.165) is 19.4 Å². The first-order chi connectivity index (χ1) is 9.31. The highest BCUT2D eigenvalue weighted by atomic mass is 16.6. The maximum atomic E-state index is 11.7. The fraction of sp³-hybridized carbons (Fsp3) is 0.933. The summed E-state index contributed by atoms with van der Waals surface area (Å²) in [6.45, 7) is 9.20. The average molecular weight is 286 g/mol. The van der Waals surface area contributed by atoms with E-state index < -0.39 is 5.60 Å². The number of carbonyl (C=O) groups is 1. The van der Waals surface area contributed by atoms with Crippen molar-refractivity contribution in [3.63, 3.8) is 0 Å². The quantitative estimate of drug-likeness (QED) is 0.786. The second kappa shape index (κ2) is 7.84. The van der Waals surface area contributed by atoms with Gasteiger partial charge in [-0.05, 0) is 46.5 Å². The third-order valence-corrected chi connectivity index (χ3v) is 3.64. The number of methoxy groups -OCH3 is 1. The Balaban J connectivity index is 2.29. The summed E-state index contributed by atoms with van der Waals surface area (Å²) >= 11 is 0. The van der Waals surface area contributed by atoms with Crippen molar-refractivity contribution in [2.24, 2.45) is 5.92 Å². The first-order valence-electron chi connectivity index (χ1n) is 7.55. The zero-order chi connectivity index (χ0) is 15.2. The van der Waals surface area contributed by atoms with Crippen molar-refractivity contribution in [1.82, 2.24) is 10.6 Å². The van der Waals surface area contributed by atoms with Crippen LogP contribution in [0, 0.1) is 5.92 Å². The van der Waals surface area contributed by atoms with Gasteiger partial charge in [-0.25, -0.2) is 4.79 Å². The Morgan fingerprint density at radius 2 is 2.05 bits per heavy atom. The van der Waals surface area contributed by atoms with Crippen LogP contribution in [-0.2, 0) is 9.47 Å². The molecule has 1 rings (SSSR count). The highest BCUT2D eigenvalue weighted by Gasteiger charge is 2.28. The van der Waals surface area contributed by atoms with Crippen molar-refractivity contribution in [3.05, 3.63) is 0 Å². The van der Waals surface area contributed by atoms with Gasteiger partial charge in [0.05, 0.1) is 6.10 Å². The molecule has 3 unspecified atom stereocenters. The van der Waals surface area contributed by atoms with Crippen LogP contribution in [0.5, 0.6) is 0 Å². The molecule has 0 radical (unpaired) electrons. The molecule has 5 nitrogen and oxygen atoms in total. The van der Waals surface area contributed by atoms with Crippen molar-refractivity contribution in [1.29, 1.82) is 0 Å². The summed E-state index contributed by atoms with van der Waals surface area (Å²) in [4.78, 5) is 11.7. The summed E-state index contributed by atoms with van der Waals surface area (Å²) in [7, 11) is 1.72. The lowest BCUT2D eigenvalue weighted by atomic mass is 10.0. The number of nitrogens with one attached hydrogen (secondary N) is 2. The fourth-order valence-electron chi connectivity index (χ4n) is 2.48. The van der Waals surface area contributed by atoms with E-state index in [0.29, 0.717) is 18.5 Å². The van der Waals surface area contributed by atoms with Crippen LogP contribution in [0.1, 0.15) is 47.0 Å². The van der Waals surface area contributed by atoms with Crippen LogP contribution in [0.15, 0.2) is 0 Å². The third-order valence-electron chi connectivity index (χ3n) is 3.64. The minimum Gasteiger partial charge on any atom is -0.444 e. The minimum atomic E-state index is -0.439. The Morgan fingerprint density at radius 1 is 1.35 bits per heavy atom. The fourth-order valence-corrected chi connectivity index (χ4v) is 2.48. The molecule has 1 amide bonds. The molecule has 1 saturated carbocycles. The number of hydrogen-bond acceptors (Lipinski definition) is 4. The first kappa shape index (κ1) is 17.2. The molecule has 118 valence electrons. The minimum absolute atomic E-state index is 0.218. The largest absolute Gasteiger partial charge is 0.444 e. The van der Waals surface area contributed by atoms with Gasteiger partial charge in [0, 0.05) is 26.2 Å². The maximum Gasteiger partial charge on any atom is 0.407 e. The summed E-state index contributed by atoms with van der Waals surface area (Å²) in [5, 5.41) is 6.42. The van der Waals surface area contributed by atoms with Gasteiger partial charge in [0.15, 0.2) is 0 Å². The van der Waals surface area contributed by atoms with E-state index in [1.807, 2.05) is 20.8 Å². The Hall–Kier alpha value is -0.810. The van der Waals surface area contributed by atoms with Gasteiger partial charge in [-0.1, -0.05) is 6.42 Å². The molecule has 0 spiro atoms. The molecule has 0 aromatic rings. The molecule has 20 heavy (non-hydrogen) atoms. The molecular formula is C15H30N2O3. The number of carbonyl (C=O) groups excluding carboxylic acids is 1. The lowest BCUT2D eigenvalue weighted by molar-refractivity contribution is 0.0516. The van der Waals surface area contributed by atoms with Crippen LogP contribution in [0.2, 0.25) is 0 Å². The van der Waals surface area contributed by atoms with E-state index in [1.165, 1.54) is 6.42 Å². The van der Waals surface area contributed by atoms with Crippen LogP contribution in [0.3, 0.4) is 0 Å². The van der Waals surface area contributed by atoms with Gasteiger partial charge in [-0.3, -0.25) is 0 Å². The third kappa shape index (κ3) is 6.57. The normalized spacial score (nSPS) is 24.4. The molecular weight excluding hydrogens is 256 g/mol. The summed E-state index contributed by atoms with van der Waals surface area (Å²) in [6.07, 6.45) is 3.41. The number of ether oxygens (including phenoxy) is 2. The van der Waals surface area contributed by atoms with Crippen molar-refractivity contribution in [3.8, 4) is 0 Å². The molecule has 1 aliphatic carbocycles. The summed E-state index contributed by atoms with van der Waals surface area (Å²) in [6, 6.07) is 0.461. The van der Waals surface area contributed by atoms with E-state index in [4.69, 9.17) is 9.47 Å². The zero-order valence-electron chi connectivity index (χ0n) is 13.5. The molecule has 1 aliphatic rings. The Bertz CT molecular complexity index is 302. The molecule has 3 atom stereocenters. The van der Waals surface area contributed by atoms with Crippen molar-refractivity contribution in [2.45, 2.75) is 64.7 Å². The molecule has 0 bridgehead atoms. The first-order valence-corrected chi connectivity index (χ1v) is 7.55. The maximum absolute atomic E-state index is 11.7. The van der Waals surface area contributed by atoms with Crippen molar-refractivity contribution >= 4 is 6.09 Å². The predicted molar refractivity (Wildman–Crippen MR) is 79.8 cm³/mol. The highest BCUT2D eigenvalue weighted by molar-refractivity contribution is 5.67. The monoisotopic (exact) mass is 286 g/mol. The molecule has 0 aliphatic heterocycles. The lowest BCUT2D eigenvalue weighted by Crippen LogP contribution is -2.42. The molecule has 1 fully saturated rings. The van der Waals surface area contributed by atoms with Crippen LogP contribution in [-0.4, -0.2) is 44.0 Å². The second-order valence-electron chi connectivity index (χ2n) is 6.63. The Labute approximate surface area is 122 Å². The van der Waals surface area contributed by atoms with Gasteiger partial charge >= 0.3 is 6.09 Å². The topological polar surface area (TPSA) is 59.6 Å². The molecule has 0 heterocycles. The van der Waals surface area contributed by atoms with Gasteiger partial charge in [0.25, 0.3) is 0 Å². The standard InChI is InChI=1S/C15H30N2O3/c1-11(19-5)9-16-13-8-6-7-12(13)10-17-14(18)20-15(2,3)4/h11-13,16H,6-10H2,1-5H3,(H,17,18). The summed E-state index contributed by atoms with van der Waals surface area (Å²) < 4.78 is 10.5. The smallest absolute Gasteiger partial charge is 0.407 e. The molecule has 0 saturated heterocycles. The number of amides is 1. The van der Waals surface area contributed by atoms with Gasteiger partial charge in [0.2, 0.25) is 0 Å². The Kier molecular flexibility index (Phi) is 6.76. The average Bonchev–Trinajstić information content (AvgIpc) is 2.78.